The van der Waals surface area contributed by atoms with E-state index >= 15 is 0 Å². The van der Waals surface area contributed by atoms with Crippen molar-refractivity contribution in [3.05, 3.63) is 48.1 Å². The summed E-state index contributed by atoms with van der Waals surface area (Å²) in [6, 6.07) is 5.15. The summed E-state index contributed by atoms with van der Waals surface area (Å²) in [4.78, 5) is 21.6. The first kappa shape index (κ1) is 23.9. The van der Waals surface area contributed by atoms with E-state index in [0.717, 1.165) is 22.1 Å². The average molecular weight is 496 g/mol. The molecule has 0 radical (unpaired) electrons. The van der Waals surface area contributed by atoms with Crippen molar-refractivity contribution in [2.24, 2.45) is 7.05 Å². The first-order valence-electron chi connectivity index (χ1n) is 10.5. The number of pyridine rings is 1. The van der Waals surface area contributed by atoms with Gasteiger partial charge in [0.2, 0.25) is 10.0 Å². The van der Waals surface area contributed by atoms with Crippen LogP contribution in [0.1, 0.15) is 17.3 Å². The van der Waals surface area contributed by atoms with Gasteiger partial charge in [-0.05, 0) is 26.8 Å². The zero-order chi connectivity index (χ0) is 25.3. The number of hydrogen-bond acceptors (Lipinski definition) is 11. The van der Waals surface area contributed by atoms with E-state index in [2.05, 4.69) is 45.8 Å². The highest BCUT2D eigenvalue weighted by molar-refractivity contribution is 7.92. The number of anilines is 5. The minimum absolute atomic E-state index is 0.291. The molecule has 0 aliphatic heterocycles. The molecule has 0 unspecified atom stereocenters. The molecule has 0 saturated heterocycles. The van der Waals surface area contributed by atoms with Crippen LogP contribution >= 0.6 is 0 Å². The minimum Gasteiger partial charge on any atom is -0.325 e. The topological polar surface area (TPSA) is 157 Å². The summed E-state index contributed by atoms with van der Waals surface area (Å²) in [5, 5.41) is 14.5. The maximum absolute atomic E-state index is 12.4. The van der Waals surface area contributed by atoms with E-state index in [9.17, 15) is 8.42 Å². The normalized spacial score (nSPS) is 11.4. The summed E-state index contributed by atoms with van der Waals surface area (Å²) in [6.45, 7) is 5.52. The molecule has 0 aliphatic rings. The molecule has 0 bridgehead atoms. The number of nitrogens with one attached hydrogen (secondary N) is 2. The van der Waals surface area contributed by atoms with Crippen molar-refractivity contribution in [2.75, 3.05) is 28.2 Å². The second-order valence-electron chi connectivity index (χ2n) is 7.93. The standard InChI is InChI=1S/C21H25N11O2S/c1-12-7-19(26-13(2)25-12)27-17-9-18(24-11-23-17)28-20-16(32(5)35(6,33)34)8-15(10-22-20)21-30-29-14(3)31(21)4/h7-11H,1-6H3,(H2,22,23,24,25,26,27,28). The number of hydrogen-bond donors (Lipinski definition) is 2. The van der Waals surface area contributed by atoms with Gasteiger partial charge in [-0.3, -0.25) is 4.31 Å². The number of rotatable bonds is 7. The van der Waals surface area contributed by atoms with Crippen molar-refractivity contribution in [3.63, 3.8) is 0 Å². The van der Waals surface area contributed by atoms with Gasteiger partial charge in [-0.2, -0.15) is 0 Å². The number of aromatic nitrogens is 8. The molecule has 0 spiro atoms. The lowest BCUT2D eigenvalue weighted by Gasteiger charge is -2.21. The number of nitrogens with zero attached hydrogens (tertiary/aromatic N) is 9. The summed E-state index contributed by atoms with van der Waals surface area (Å²) in [5.41, 5.74) is 1.76. The molecule has 0 saturated carbocycles. The fraction of sp³-hybridized carbons (Fsp3) is 0.286. The predicted molar refractivity (Wildman–Crippen MR) is 132 cm³/mol. The SMILES string of the molecule is Cc1cc(Nc2cc(Nc3ncc(-c4nnc(C)n4C)cc3N(C)S(C)(=O)=O)ncn2)nc(C)n1. The second-order valence-corrected chi connectivity index (χ2v) is 9.95. The van der Waals surface area contributed by atoms with Crippen LogP contribution in [0, 0.1) is 20.8 Å². The van der Waals surface area contributed by atoms with Crippen molar-refractivity contribution in [1.82, 2.24) is 39.7 Å². The quantitative estimate of drug-likeness (QED) is 0.387. The Balaban J connectivity index is 1.69. The van der Waals surface area contributed by atoms with Gasteiger partial charge in [0, 0.05) is 43.7 Å². The van der Waals surface area contributed by atoms with Crippen LogP contribution in [0.5, 0.6) is 0 Å². The summed E-state index contributed by atoms with van der Waals surface area (Å²) < 4.78 is 27.7. The van der Waals surface area contributed by atoms with Crippen LogP contribution in [0.2, 0.25) is 0 Å². The summed E-state index contributed by atoms with van der Waals surface area (Å²) in [6.07, 6.45) is 4.09. The summed E-state index contributed by atoms with van der Waals surface area (Å²) in [7, 11) is -0.300. The lowest BCUT2D eigenvalue weighted by atomic mass is 10.2. The van der Waals surface area contributed by atoms with E-state index < -0.39 is 10.0 Å². The maximum atomic E-state index is 12.4. The Labute approximate surface area is 202 Å². The second kappa shape index (κ2) is 9.21. The van der Waals surface area contributed by atoms with Crippen LogP contribution in [0.25, 0.3) is 11.4 Å². The molecule has 2 N–H and O–H groups in total. The fourth-order valence-electron chi connectivity index (χ4n) is 3.28. The van der Waals surface area contributed by atoms with Gasteiger partial charge in [0.25, 0.3) is 0 Å². The van der Waals surface area contributed by atoms with Gasteiger partial charge < -0.3 is 15.2 Å². The Hall–Kier alpha value is -4.20. The van der Waals surface area contributed by atoms with Crippen molar-refractivity contribution in [3.8, 4) is 11.4 Å². The van der Waals surface area contributed by atoms with Gasteiger partial charge in [0.15, 0.2) is 11.6 Å². The van der Waals surface area contributed by atoms with Crippen LogP contribution < -0.4 is 14.9 Å². The lowest BCUT2D eigenvalue weighted by Crippen LogP contribution is -2.26. The highest BCUT2D eigenvalue weighted by Crippen LogP contribution is 2.31. The molecule has 0 aliphatic carbocycles. The first-order chi connectivity index (χ1) is 16.5. The van der Waals surface area contributed by atoms with Gasteiger partial charge >= 0.3 is 0 Å². The molecule has 4 aromatic heterocycles. The van der Waals surface area contributed by atoms with E-state index in [-0.39, 0.29) is 0 Å². The van der Waals surface area contributed by atoms with E-state index in [4.69, 9.17) is 0 Å². The highest BCUT2D eigenvalue weighted by atomic mass is 32.2. The first-order valence-corrected chi connectivity index (χ1v) is 12.3. The van der Waals surface area contributed by atoms with Gasteiger partial charge in [-0.25, -0.2) is 33.3 Å². The van der Waals surface area contributed by atoms with E-state index in [1.807, 2.05) is 27.8 Å². The molecule has 4 rings (SSSR count). The summed E-state index contributed by atoms with van der Waals surface area (Å²) in [5.74, 6) is 3.70. The van der Waals surface area contributed by atoms with Crippen molar-refractivity contribution < 1.29 is 8.42 Å². The highest BCUT2D eigenvalue weighted by Gasteiger charge is 2.20. The van der Waals surface area contributed by atoms with Crippen LogP contribution in [-0.4, -0.2) is 61.4 Å². The summed E-state index contributed by atoms with van der Waals surface area (Å²) >= 11 is 0. The van der Waals surface area contributed by atoms with Crippen LogP contribution in [0.15, 0.2) is 30.7 Å². The Morgan fingerprint density at radius 3 is 2.26 bits per heavy atom. The zero-order valence-electron chi connectivity index (χ0n) is 20.1. The van der Waals surface area contributed by atoms with Crippen LogP contribution in [0.3, 0.4) is 0 Å². The molecule has 0 fully saturated rings. The maximum Gasteiger partial charge on any atom is 0.232 e. The average Bonchev–Trinajstić information content (AvgIpc) is 3.11. The van der Waals surface area contributed by atoms with Crippen LogP contribution in [-0.2, 0) is 17.1 Å². The monoisotopic (exact) mass is 495 g/mol. The lowest BCUT2D eigenvalue weighted by molar-refractivity contribution is 0.600. The third kappa shape index (κ3) is 5.32. The number of sulfonamides is 1. The van der Waals surface area contributed by atoms with Gasteiger partial charge in [-0.1, -0.05) is 0 Å². The van der Waals surface area contributed by atoms with Crippen molar-refractivity contribution >= 4 is 39.0 Å². The van der Waals surface area contributed by atoms with E-state index in [0.29, 0.717) is 46.2 Å². The van der Waals surface area contributed by atoms with Crippen LogP contribution in [0.4, 0.5) is 29.0 Å². The largest absolute Gasteiger partial charge is 0.325 e. The van der Waals surface area contributed by atoms with Gasteiger partial charge in [-0.15, -0.1) is 10.2 Å². The molecule has 14 heteroatoms. The van der Waals surface area contributed by atoms with E-state index in [1.165, 1.54) is 13.4 Å². The molecule has 0 amide bonds. The Morgan fingerprint density at radius 1 is 0.914 bits per heavy atom. The molecular weight excluding hydrogens is 470 g/mol. The smallest absolute Gasteiger partial charge is 0.232 e. The van der Waals surface area contributed by atoms with E-state index in [1.54, 1.807) is 29.0 Å². The Morgan fingerprint density at radius 2 is 1.63 bits per heavy atom. The Kier molecular flexibility index (Phi) is 6.30. The molecule has 0 atom stereocenters. The molecular formula is C21H25N11O2S. The predicted octanol–water partition coefficient (Wildman–Crippen LogP) is 2.27. The Bertz CT molecular complexity index is 1480. The molecule has 35 heavy (non-hydrogen) atoms. The molecule has 4 heterocycles. The number of aryl methyl sites for hydroxylation is 3. The van der Waals surface area contributed by atoms with Crippen molar-refractivity contribution in [2.45, 2.75) is 20.8 Å². The van der Waals surface area contributed by atoms with Gasteiger partial charge in [0.05, 0.1) is 11.9 Å². The third-order valence-corrected chi connectivity index (χ3v) is 6.38. The fourth-order valence-corrected chi connectivity index (χ4v) is 3.77. The molecule has 0 aromatic carbocycles. The zero-order valence-corrected chi connectivity index (χ0v) is 21.0. The minimum atomic E-state index is -3.58. The molecule has 182 valence electrons. The molecule has 13 nitrogen and oxygen atoms in total. The van der Waals surface area contributed by atoms with Gasteiger partial charge in [0.1, 0.15) is 35.4 Å². The van der Waals surface area contributed by atoms with Crippen molar-refractivity contribution in [1.29, 1.82) is 0 Å². The molecule has 4 aromatic rings. The third-order valence-electron chi connectivity index (χ3n) is 5.19.